The summed E-state index contributed by atoms with van der Waals surface area (Å²) in [4.78, 5) is 11.6. The summed E-state index contributed by atoms with van der Waals surface area (Å²) < 4.78 is 10.7. The molecule has 4 heteroatoms. The molecule has 1 heterocycles. The normalized spacial score (nSPS) is 10.8. The molecule has 1 aromatic carbocycles. The first kappa shape index (κ1) is 15.9. The topological polar surface area (TPSA) is 51.5 Å². The van der Waals surface area contributed by atoms with Crippen molar-refractivity contribution in [3.63, 3.8) is 0 Å². The minimum atomic E-state index is -0.473. The van der Waals surface area contributed by atoms with Gasteiger partial charge in [-0.3, -0.25) is 5.32 Å². The summed E-state index contributed by atoms with van der Waals surface area (Å²) in [7, 11) is 0. The van der Waals surface area contributed by atoms with Crippen molar-refractivity contribution in [2.75, 3.05) is 11.9 Å². The van der Waals surface area contributed by atoms with E-state index in [2.05, 4.69) is 12.2 Å². The molecule has 1 aromatic heterocycles. The number of furan rings is 1. The van der Waals surface area contributed by atoms with Crippen LogP contribution in [-0.2, 0) is 11.2 Å². The molecule has 0 bridgehead atoms. The van der Waals surface area contributed by atoms with Gasteiger partial charge in [0.15, 0.2) is 0 Å². The van der Waals surface area contributed by atoms with Crippen LogP contribution in [0.4, 0.5) is 10.5 Å². The third kappa shape index (κ3) is 5.48. The van der Waals surface area contributed by atoms with Gasteiger partial charge in [0.2, 0.25) is 0 Å². The highest BCUT2D eigenvalue weighted by Gasteiger charge is 2.01. The second-order valence-electron chi connectivity index (χ2n) is 4.90. The Balaban J connectivity index is 1.71. The summed E-state index contributed by atoms with van der Waals surface area (Å²) >= 11 is 0. The smallest absolute Gasteiger partial charge is 0.411 e. The van der Waals surface area contributed by atoms with Gasteiger partial charge in [0.1, 0.15) is 18.1 Å². The SMILES string of the molecule is CCCCc1ccc(/C=C/COC(=O)Nc2ccccc2)o1. The van der Waals surface area contributed by atoms with Gasteiger partial charge in [-0.2, -0.15) is 0 Å². The number of unbranched alkanes of at least 4 members (excludes halogenated alkanes) is 1. The van der Waals surface area contributed by atoms with E-state index in [-0.39, 0.29) is 6.61 Å². The highest BCUT2D eigenvalue weighted by atomic mass is 16.5. The zero-order valence-electron chi connectivity index (χ0n) is 12.7. The van der Waals surface area contributed by atoms with Crippen LogP contribution in [-0.4, -0.2) is 12.7 Å². The Labute approximate surface area is 130 Å². The first-order valence-corrected chi connectivity index (χ1v) is 7.52. The van der Waals surface area contributed by atoms with Crippen LogP contribution in [0.1, 0.15) is 31.3 Å². The number of anilines is 1. The van der Waals surface area contributed by atoms with Gasteiger partial charge in [0.05, 0.1) is 0 Å². The molecule has 0 aliphatic rings. The van der Waals surface area contributed by atoms with E-state index >= 15 is 0 Å². The van der Waals surface area contributed by atoms with Gasteiger partial charge in [-0.05, 0) is 42.8 Å². The fraction of sp³-hybridized carbons (Fsp3) is 0.278. The van der Waals surface area contributed by atoms with Crippen molar-refractivity contribution in [3.05, 3.63) is 60.1 Å². The van der Waals surface area contributed by atoms with E-state index in [1.54, 1.807) is 18.2 Å². The summed E-state index contributed by atoms with van der Waals surface area (Å²) in [6, 6.07) is 13.1. The van der Waals surface area contributed by atoms with E-state index in [0.717, 1.165) is 30.8 Å². The Hall–Kier alpha value is -2.49. The molecule has 1 amide bonds. The average molecular weight is 299 g/mol. The predicted molar refractivity (Wildman–Crippen MR) is 87.8 cm³/mol. The second-order valence-corrected chi connectivity index (χ2v) is 4.90. The van der Waals surface area contributed by atoms with Crippen molar-refractivity contribution >= 4 is 17.9 Å². The van der Waals surface area contributed by atoms with Crippen LogP contribution in [0.5, 0.6) is 0 Å². The van der Waals surface area contributed by atoms with Crippen LogP contribution in [0.3, 0.4) is 0 Å². The fourth-order valence-electron chi connectivity index (χ4n) is 1.93. The first-order valence-electron chi connectivity index (χ1n) is 7.52. The maximum atomic E-state index is 11.6. The van der Waals surface area contributed by atoms with Crippen LogP contribution >= 0.6 is 0 Å². The number of carbonyl (C=O) groups is 1. The Morgan fingerprint density at radius 3 is 2.82 bits per heavy atom. The Kier molecular flexibility index (Phi) is 6.30. The number of ether oxygens (including phenoxy) is 1. The molecule has 116 valence electrons. The summed E-state index contributed by atoms with van der Waals surface area (Å²) in [5.74, 6) is 1.77. The van der Waals surface area contributed by atoms with Crippen molar-refractivity contribution in [1.82, 2.24) is 0 Å². The third-order valence-corrected chi connectivity index (χ3v) is 3.07. The molecule has 0 spiro atoms. The molecule has 2 rings (SSSR count). The van der Waals surface area contributed by atoms with Gasteiger partial charge in [0.25, 0.3) is 0 Å². The number of hydrogen-bond acceptors (Lipinski definition) is 3. The van der Waals surface area contributed by atoms with E-state index in [1.807, 2.05) is 36.4 Å². The molecule has 0 saturated heterocycles. The molecule has 22 heavy (non-hydrogen) atoms. The lowest BCUT2D eigenvalue weighted by Gasteiger charge is -2.04. The van der Waals surface area contributed by atoms with Crippen LogP contribution in [0.2, 0.25) is 0 Å². The number of amides is 1. The zero-order chi connectivity index (χ0) is 15.6. The lowest BCUT2D eigenvalue weighted by molar-refractivity contribution is 0.174. The molecule has 4 nitrogen and oxygen atoms in total. The van der Waals surface area contributed by atoms with E-state index in [4.69, 9.17) is 9.15 Å². The molecular weight excluding hydrogens is 278 g/mol. The Morgan fingerprint density at radius 1 is 1.23 bits per heavy atom. The van der Waals surface area contributed by atoms with Crippen LogP contribution < -0.4 is 5.32 Å². The van der Waals surface area contributed by atoms with Crippen molar-refractivity contribution in [1.29, 1.82) is 0 Å². The quantitative estimate of drug-likeness (QED) is 0.792. The van der Waals surface area contributed by atoms with E-state index in [9.17, 15) is 4.79 Å². The molecule has 1 N–H and O–H groups in total. The molecular formula is C18H21NO3. The minimum absolute atomic E-state index is 0.198. The number of rotatable bonds is 7. The maximum Gasteiger partial charge on any atom is 0.411 e. The Morgan fingerprint density at radius 2 is 2.05 bits per heavy atom. The van der Waals surface area contributed by atoms with Crippen LogP contribution in [0.25, 0.3) is 6.08 Å². The highest BCUT2D eigenvalue weighted by molar-refractivity contribution is 5.84. The van der Waals surface area contributed by atoms with Crippen molar-refractivity contribution < 1.29 is 13.9 Å². The van der Waals surface area contributed by atoms with Crippen molar-refractivity contribution in [3.8, 4) is 0 Å². The van der Waals surface area contributed by atoms with Gasteiger partial charge in [-0.1, -0.05) is 31.5 Å². The summed E-state index contributed by atoms with van der Waals surface area (Å²) in [5.41, 5.74) is 0.711. The zero-order valence-corrected chi connectivity index (χ0v) is 12.7. The maximum absolute atomic E-state index is 11.6. The van der Waals surface area contributed by atoms with Crippen LogP contribution in [0.15, 0.2) is 53.0 Å². The molecule has 0 aliphatic carbocycles. The molecule has 0 radical (unpaired) electrons. The standard InChI is InChI=1S/C18H21NO3/c1-2-3-10-16-12-13-17(22-16)11-7-14-21-18(20)19-15-8-5-4-6-9-15/h4-9,11-13H,2-3,10,14H2,1H3,(H,19,20)/b11-7+. The minimum Gasteiger partial charge on any atom is -0.462 e. The summed E-state index contributed by atoms with van der Waals surface area (Å²) in [5, 5.41) is 2.65. The molecule has 0 fully saturated rings. The average Bonchev–Trinajstić information content (AvgIpc) is 2.98. The van der Waals surface area contributed by atoms with Crippen LogP contribution in [0, 0.1) is 0 Å². The molecule has 0 unspecified atom stereocenters. The first-order chi connectivity index (χ1) is 10.8. The van der Waals surface area contributed by atoms with Crippen molar-refractivity contribution in [2.45, 2.75) is 26.2 Å². The lowest BCUT2D eigenvalue weighted by Crippen LogP contribution is -2.13. The number of para-hydroxylation sites is 1. The largest absolute Gasteiger partial charge is 0.462 e. The molecule has 0 atom stereocenters. The second kappa shape index (κ2) is 8.72. The molecule has 0 saturated carbocycles. The number of carbonyl (C=O) groups excluding carboxylic acids is 1. The van der Waals surface area contributed by atoms with E-state index in [1.165, 1.54) is 0 Å². The lowest BCUT2D eigenvalue weighted by atomic mass is 10.2. The van der Waals surface area contributed by atoms with E-state index < -0.39 is 6.09 Å². The fourth-order valence-corrected chi connectivity index (χ4v) is 1.93. The van der Waals surface area contributed by atoms with Gasteiger partial charge < -0.3 is 9.15 Å². The number of aryl methyl sites for hydroxylation is 1. The Bertz CT molecular complexity index is 602. The molecule has 2 aromatic rings. The van der Waals surface area contributed by atoms with Gasteiger partial charge >= 0.3 is 6.09 Å². The molecule has 0 aliphatic heterocycles. The number of hydrogen-bond donors (Lipinski definition) is 1. The highest BCUT2D eigenvalue weighted by Crippen LogP contribution is 2.12. The predicted octanol–water partition coefficient (Wildman–Crippen LogP) is 4.88. The summed E-state index contributed by atoms with van der Waals surface area (Å²) in [6.45, 7) is 2.35. The van der Waals surface area contributed by atoms with E-state index in [0.29, 0.717) is 5.69 Å². The van der Waals surface area contributed by atoms with Crippen molar-refractivity contribution in [2.24, 2.45) is 0 Å². The third-order valence-electron chi connectivity index (χ3n) is 3.07. The summed E-state index contributed by atoms with van der Waals surface area (Å²) in [6.07, 6.45) is 6.33. The van der Waals surface area contributed by atoms with Gasteiger partial charge in [-0.25, -0.2) is 4.79 Å². The van der Waals surface area contributed by atoms with Gasteiger partial charge in [0, 0.05) is 12.1 Å². The monoisotopic (exact) mass is 299 g/mol. The number of benzene rings is 1. The number of nitrogens with one attached hydrogen (secondary N) is 1. The van der Waals surface area contributed by atoms with Gasteiger partial charge in [-0.15, -0.1) is 0 Å².